The molecule has 5 atom stereocenters. The van der Waals surface area contributed by atoms with Gasteiger partial charge in [0.05, 0.1) is 0 Å². The third-order valence-electron chi connectivity index (χ3n) is 9.85. The SMILES string of the molecule is CC(=O)OC1CC(=C/C=C2\CCC[C@@]3(C)C2CCC3C2(CC(O)(C(F)(F)F)C(F)(F)F)CC2)C[C@@H](OC(C)=O)C1. The number of aliphatic hydroxyl groups is 1. The van der Waals surface area contributed by atoms with Crippen molar-refractivity contribution in [1.82, 2.24) is 0 Å². The highest BCUT2D eigenvalue weighted by Gasteiger charge is 2.75. The fourth-order valence-electron chi connectivity index (χ4n) is 8.06. The lowest BCUT2D eigenvalue weighted by Gasteiger charge is -2.47. The van der Waals surface area contributed by atoms with Gasteiger partial charge >= 0.3 is 24.3 Å². The van der Waals surface area contributed by atoms with Crippen LogP contribution < -0.4 is 0 Å². The lowest BCUT2D eigenvalue weighted by atomic mass is 9.59. The number of ether oxygens (including phenoxy) is 2. The highest BCUT2D eigenvalue weighted by molar-refractivity contribution is 5.67. The summed E-state index contributed by atoms with van der Waals surface area (Å²) in [6, 6.07) is 0. The van der Waals surface area contributed by atoms with Crippen LogP contribution in [0.1, 0.15) is 91.4 Å². The van der Waals surface area contributed by atoms with Crippen LogP contribution in [-0.2, 0) is 19.1 Å². The average Bonchev–Trinajstić information content (AvgIpc) is 3.46. The molecule has 4 aliphatic rings. The number of alkyl halides is 6. The van der Waals surface area contributed by atoms with Gasteiger partial charge < -0.3 is 14.6 Å². The minimum atomic E-state index is -5.81. The van der Waals surface area contributed by atoms with Gasteiger partial charge in [0, 0.05) is 39.5 Å². The van der Waals surface area contributed by atoms with Crippen LogP contribution in [0.4, 0.5) is 26.3 Å². The second-order valence-corrected chi connectivity index (χ2v) is 12.6. The third-order valence-corrected chi connectivity index (χ3v) is 9.85. The Balaban J connectivity index is 1.56. The van der Waals surface area contributed by atoms with Crippen molar-refractivity contribution in [2.75, 3.05) is 0 Å². The van der Waals surface area contributed by atoms with Crippen molar-refractivity contribution in [2.24, 2.45) is 22.7 Å². The van der Waals surface area contributed by atoms with Crippen LogP contribution in [0.25, 0.3) is 0 Å². The lowest BCUT2D eigenvalue weighted by Crippen LogP contribution is -2.59. The van der Waals surface area contributed by atoms with Crippen molar-refractivity contribution in [2.45, 2.75) is 122 Å². The zero-order valence-electron chi connectivity index (χ0n) is 23.1. The van der Waals surface area contributed by atoms with E-state index >= 15 is 0 Å². The molecule has 226 valence electrons. The second-order valence-electron chi connectivity index (χ2n) is 12.6. The number of hydrogen-bond donors (Lipinski definition) is 1. The van der Waals surface area contributed by atoms with E-state index in [-0.39, 0.29) is 24.7 Å². The summed E-state index contributed by atoms with van der Waals surface area (Å²) in [7, 11) is 0. The molecule has 0 amide bonds. The van der Waals surface area contributed by atoms with E-state index in [1.54, 1.807) is 0 Å². The van der Waals surface area contributed by atoms with Crippen molar-refractivity contribution >= 4 is 11.9 Å². The molecule has 3 unspecified atom stereocenters. The summed E-state index contributed by atoms with van der Waals surface area (Å²) in [5, 5.41) is 10.0. The molecule has 0 bridgehead atoms. The van der Waals surface area contributed by atoms with Crippen LogP contribution in [0.5, 0.6) is 0 Å². The number of carbonyl (C=O) groups excluding carboxylic acids is 2. The molecule has 4 saturated carbocycles. The van der Waals surface area contributed by atoms with E-state index in [4.69, 9.17) is 9.47 Å². The van der Waals surface area contributed by atoms with Crippen molar-refractivity contribution in [3.05, 3.63) is 23.3 Å². The van der Waals surface area contributed by atoms with E-state index in [9.17, 15) is 41.0 Å². The van der Waals surface area contributed by atoms with Crippen LogP contribution in [0.3, 0.4) is 0 Å². The molecule has 0 spiro atoms. The van der Waals surface area contributed by atoms with Gasteiger partial charge in [-0.05, 0) is 67.6 Å². The summed E-state index contributed by atoms with van der Waals surface area (Å²) in [6.45, 7) is 4.62. The van der Waals surface area contributed by atoms with E-state index in [0.717, 1.165) is 24.0 Å². The topological polar surface area (TPSA) is 72.8 Å². The fourth-order valence-corrected chi connectivity index (χ4v) is 8.06. The molecular weight excluding hydrogens is 542 g/mol. The monoisotopic (exact) mass is 580 g/mol. The molecule has 0 aliphatic heterocycles. The predicted molar refractivity (Wildman–Crippen MR) is 133 cm³/mol. The first-order valence-electron chi connectivity index (χ1n) is 14.0. The predicted octanol–water partition coefficient (Wildman–Crippen LogP) is 7.13. The van der Waals surface area contributed by atoms with Gasteiger partial charge in [0.25, 0.3) is 5.60 Å². The second kappa shape index (κ2) is 10.7. The molecule has 4 rings (SSSR count). The first-order chi connectivity index (χ1) is 18.4. The van der Waals surface area contributed by atoms with Gasteiger partial charge in [0.15, 0.2) is 0 Å². The van der Waals surface area contributed by atoms with Gasteiger partial charge in [-0.1, -0.05) is 30.2 Å². The van der Waals surface area contributed by atoms with E-state index in [1.165, 1.54) is 13.8 Å². The number of carbonyl (C=O) groups is 2. The summed E-state index contributed by atoms with van der Waals surface area (Å²) in [5.74, 6) is -1.19. The molecule has 0 aromatic rings. The Labute approximate surface area is 230 Å². The number of fused-ring (bicyclic) bond motifs is 1. The molecule has 40 heavy (non-hydrogen) atoms. The zero-order chi connectivity index (χ0) is 29.7. The Morgan fingerprint density at radius 1 is 0.925 bits per heavy atom. The molecule has 0 aromatic carbocycles. The van der Waals surface area contributed by atoms with Crippen molar-refractivity contribution < 1.29 is 50.5 Å². The smallest absolute Gasteiger partial charge is 0.426 e. The van der Waals surface area contributed by atoms with Gasteiger partial charge in [-0.15, -0.1) is 0 Å². The maximum atomic E-state index is 13.6. The molecule has 0 aromatic heterocycles. The zero-order valence-corrected chi connectivity index (χ0v) is 23.1. The van der Waals surface area contributed by atoms with Crippen LogP contribution in [-0.4, -0.2) is 47.2 Å². The average molecular weight is 581 g/mol. The summed E-state index contributed by atoms with van der Waals surface area (Å²) in [6.07, 6.45) is -4.57. The standard InChI is InChI=1S/C29H38F6O5/c1-17(36)39-21-13-19(14-22(15-21)40-18(2)37)6-7-20-5-4-10-25(3)23(20)8-9-24(25)26(11-12-26)16-27(38,28(30,31)32)29(33,34)35/h6-7,21-24,38H,4-5,8-16H2,1-3H3/b19-6?,20-7+/t21-,22?,23?,24?,25+/m1/s1. The number of halogens is 6. The summed E-state index contributed by atoms with van der Waals surface area (Å²) < 4.78 is 92.2. The molecular formula is C29H38F6O5. The van der Waals surface area contributed by atoms with E-state index in [2.05, 4.69) is 0 Å². The van der Waals surface area contributed by atoms with E-state index in [0.29, 0.717) is 38.5 Å². The summed E-state index contributed by atoms with van der Waals surface area (Å²) in [4.78, 5) is 23.0. The van der Waals surface area contributed by atoms with Gasteiger partial charge in [-0.2, -0.15) is 26.3 Å². The van der Waals surface area contributed by atoms with Gasteiger partial charge in [0.2, 0.25) is 0 Å². The van der Waals surface area contributed by atoms with Gasteiger partial charge in [-0.25, -0.2) is 0 Å². The number of allylic oxidation sites excluding steroid dienone is 3. The minimum Gasteiger partial charge on any atom is -0.462 e. The van der Waals surface area contributed by atoms with Crippen LogP contribution in [0, 0.1) is 22.7 Å². The molecule has 5 nitrogen and oxygen atoms in total. The molecule has 0 saturated heterocycles. The molecule has 11 heteroatoms. The van der Waals surface area contributed by atoms with E-state index < -0.39 is 59.4 Å². The first kappa shape index (κ1) is 30.9. The number of esters is 2. The summed E-state index contributed by atoms with van der Waals surface area (Å²) in [5.41, 5.74) is -4.33. The maximum Gasteiger partial charge on any atom is 0.426 e. The van der Waals surface area contributed by atoms with E-state index in [1.807, 2.05) is 19.1 Å². The Morgan fingerprint density at radius 3 is 1.95 bits per heavy atom. The van der Waals surface area contributed by atoms with Crippen molar-refractivity contribution in [1.29, 1.82) is 0 Å². The number of rotatable bonds is 6. The quantitative estimate of drug-likeness (QED) is 0.267. The highest BCUT2D eigenvalue weighted by Crippen LogP contribution is 2.71. The maximum absolute atomic E-state index is 13.6. The molecule has 0 heterocycles. The van der Waals surface area contributed by atoms with Crippen molar-refractivity contribution in [3.8, 4) is 0 Å². The highest BCUT2D eigenvalue weighted by atomic mass is 19.4. The van der Waals surface area contributed by atoms with Crippen LogP contribution in [0.2, 0.25) is 0 Å². The largest absolute Gasteiger partial charge is 0.462 e. The Hall–Kier alpha value is -2.04. The fraction of sp³-hybridized carbons (Fsp3) is 0.793. The summed E-state index contributed by atoms with van der Waals surface area (Å²) >= 11 is 0. The Kier molecular flexibility index (Phi) is 8.24. The molecule has 4 aliphatic carbocycles. The lowest BCUT2D eigenvalue weighted by molar-refractivity contribution is -0.375. The van der Waals surface area contributed by atoms with Crippen molar-refractivity contribution in [3.63, 3.8) is 0 Å². The Morgan fingerprint density at radius 2 is 1.48 bits per heavy atom. The third kappa shape index (κ3) is 5.95. The Bertz CT molecular complexity index is 1020. The van der Waals surface area contributed by atoms with Crippen LogP contribution >= 0.6 is 0 Å². The number of hydrogen-bond acceptors (Lipinski definition) is 5. The molecule has 0 radical (unpaired) electrons. The molecule has 1 N–H and O–H groups in total. The van der Waals surface area contributed by atoms with Gasteiger partial charge in [0.1, 0.15) is 12.2 Å². The normalized spacial score (nSPS) is 34.5. The minimum absolute atomic E-state index is 0.0163. The first-order valence-corrected chi connectivity index (χ1v) is 14.0. The van der Waals surface area contributed by atoms with Gasteiger partial charge in [-0.3, -0.25) is 9.59 Å². The van der Waals surface area contributed by atoms with Crippen LogP contribution in [0.15, 0.2) is 23.3 Å². The molecule has 4 fully saturated rings.